The quantitative estimate of drug-likeness (QED) is 0.0369. The lowest BCUT2D eigenvalue weighted by Crippen LogP contribution is -2.21. The van der Waals surface area contributed by atoms with Gasteiger partial charge >= 0.3 is 0 Å². The van der Waals surface area contributed by atoms with Crippen molar-refractivity contribution in [2.75, 3.05) is 27.2 Å². The largest absolute Gasteiger partial charge is 0.384 e. The number of ketones is 3. The zero-order valence-electron chi connectivity index (χ0n) is 53.2. The molecule has 0 saturated carbocycles. The van der Waals surface area contributed by atoms with Gasteiger partial charge in [-0.1, -0.05) is 290 Å². The van der Waals surface area contributed by atoms with Crippen LogP contribution in [0.4, 0.5) is 0 Å². The van der Waals surface area contributed by atoms with Crippen LogP contribution in [0.1, 0.15) is 68.5 Å². The molecule has 1 atom stereocenters. The lowest BCUT2D eigenvalue weighted by atomic mass is 9.97. The number of carbonyl (C=O) groups is 3. The van der Waals surface area contributed by atoms with Gasteiger partial charge in [0.2, 0.25) is 0 Å². The molecule has 0 radical (unpaired) electrons. The molecule has 10 aromatic rings. The summed E-state index contributed by atoms with van der Waals surface area (Å²) in [5, 5.41) is 12.8. The Morgan fingerprint density at radius 3 is 0.937 bits per heavy atom. The summed E-state index contributed by atoms with van der Waals surface area (Å²) in [4.78, 5) is 42.4. The second-order valence-electron chi connectivity index (χ2n) is 22.0. The van der Waals surface area contributed by atoms with Crippen molar-refractivity contribution in [1.29, 1.82) is 0 Å². The van der Waals surface area contributed by atoms with Crippen LogP contribution < -0.4 is 0 Å². The van der Waals surface area contributed by atoms with E-state index < -0.39 is 6.10 Å². The van der Waals surface area contributed by atoms with Gasteiger partial charge in [-0.2, -0.15) is 0 Å². The molecule has 0 amide bonds. The van der Waals surface area contributed by atoms with Gasteiger partial charge in [-0.05, 0) is 154 Å². The maximum atomic E-state index is 13.1. The highest BCUT2D eigenvalue weighted by molar-refractivity contribution is 6.32. The summed E-state index contributed by atoms with van der Waals surface area (Å²) in [6, 6.07) is 89.5. The van der Waals surface area contributed by atoms with E-state index in [1.165, 1.54) is 23.3 Å². The third kappa shape index (κ3) is 26.4. The van der Waals surface area contributed by atoms with Crippen LogP contribution in [-0.2, 0) is 27.5 Å². The highest BCUT2D eigenvalue weighted by atomic mass is 35.5. The number of halogens is 5. The first-order valence-electron chi connectivity index (χ1n) is 30.7. The third-order valence-electron chi connectivity index (χ3n) is 14.7. The Kier molecular flexibility index (Phi) is 32.3. The average molecular weight is 1360 g/mol. The van der Waals surface area contributed by atoms with Gasteiger partial charge in [0.15, 0.2) is 17.3 Å². The number of hydrogen-bond acceptors (Lipinski definition) is 6. The van der Waals surface area contributed by atoms with Crippen molar-refractivity contribution in [3.8, 4) is 0 Å². The fraction of sp³-hybridized carbons (Fsp3) is 0.107. The zero-order chi connectivity index (χ0) is 66.9. The van der Waals surface area contributed by atoms with Crippen molar-refractivity contribution >= 4 is 123 Å². The number of benzene rings is 10. The molecule has 0 heterocycles. The molecule has 95 heavy (non-hydrogen) atoms. The fourth-order valence-electron chi connectivity index (χ4n) is 9.72. The smallest absolute Gasteiger partial charge is 0.185 e. The zero-order valence-corrected chi connectivity index (χ0v) is 57.1. The first-order chi connectivity index (χ1) is 45.6. The summed E-state index contributed by atoms with van der Waals surface area (Å²) < 4.78 is 0. The van der Waals surface area contributed by atoms with Crippen LogP contribution in [0, 0.1) is 0 Å². The fourth-order valence-corrected chi connectivity index (χ4v) is 10.2. The van der Waals surface area contributed by atoms with Crippen molar-refractivity contribution in [3.63, 3.8) is 0 Å². The Morgan fingerprint density at radius 1 is 0.379 bits per heavy atom. The minimum atomic E-state index is -0.696. The second-order valence-corrected chi connectivity index (χ2v) is 23.7. The van der Waals surface area contributed by atoms with Crippen molar-refractivity contribution in [2.45, 2.75) is 32.0 Å². The highest BCUT2D eigenvalue weighted by Gasteiger charge is 2.16. The van der Waals surface area contributed by atoms with Crippen LogP contribution in [0.25, 0.3) is 46.6 Å². The van der Waals surface area contributed by atoms with E-state index in [-0.39, 0.29) is 29.8 Å². The van der Waals surface area contributed by atoms with Gasteiger partial charge in [-0.3, -0.25) is 14.4 Å². The molecule has 1 N–H and O–H groups in total. The molecule has 11 heteroatoms. The number of hydrogen-bond donors (Lipinski definition) is 1. The van der Waals surface area contributed by atoms with Gasteiger partial charge in [0.1, 0.15) is 0 Å². The summed E-state index contributed by atoms with van der Waals surface area (Å²) in [7, 11) is 4.09. The maximum Gasteiger partial charge on any atom is 0.185 e. The Balaban J connectivity index is 0.000000203. The summed E-state index contributed by atoms with van der Waals surface area (Å²) in [6.07, 6.45) is 10.8. The molecule has 482 valence electrons. The maximum absolute atomic E-state index is 13.1. The Morgan fingerprint density at radius 2 is 0.642 bits per heavy atom. The first kappa shape index (κ1) is 75.0. The molecule has 6 nitrogen and oxygen atoms in total. The van der Waals surface area contributed by atoms with E-state index in [4.69, 9.17) is 46.4 Å². The molecule has 0 fully saturated rings. The van der Waals surface area contributed by atoms with Crippen molar-refractivity contribution < 1.29 is 19.5 Å². The lowest BCUT2D eigenvalue weighted by Gasteiger charge is -2.17. The molecule has 0 aliphatic heterocycles. The van der Waals surface area contributed by atoms with E-state index in [1.54, 1.807) is 12.1 Å². The van der Waals surface area contributed by atoms with Crippen LogP contribution in [0.5, 0.6) is 0 Å². The van der Waals surface area contributed by atoms with Crippen LogP contribution in [0.15, 0.2) is 304 Å². The monoisotopic (exact) mass is 1350 g/mol. The number of aliphatic hydroxyl groups excluding tert-OH is 1. The summed E-state index contributed by atoms with van der Waals surface area (Å²) >= 11 is 23.7. The van der Waals surface area contributed by atoms with Crippen molar-refractivity contribution in [1.82, 2.24) is 9.80 Å². The number of rotatable bonds is 24. The van der Waals surface area contributed by atoms with E-state index in [1.807, 2.05) is 281 Å². The predicted octanol–water partition coefficient (Wildman–Crippen LogP) is 21.4. The normalized spacial score (nSPS) is 11.7. The Bertz CT molecular complexity index is 3930. The highest BCUT2D eigenvalue weighted by Crippen LogP contribution is 2.27. The summed E-state index contributed by atoms with van der Waals surface area (Å²) in [5.41, 5.74) is 13.0. The van der Waals surface area contributed by atoms with Crippen LogP contribution in [-0.4, -0.2) is 65.5 Å². The van der Waals surface area contributed by atoms with E-state index in [0.717, 1.165) is 74.3 Å². The molecular weight excluding hydrogens is 1280 g/mol. The summed E-state index contributed by atoms with van der Waals surface area (Å²) in [6.45, 7) is 10.3. The van der Waals surface area contributed by atoms with E-state index in [9.17, 15) is 19.5 Å². The number of nitrogens with zero attached hydrogens (tertiary/aromatic N) is 2. The lowest BCUT2D eigenvalue weighted by molar-refractivity contribution is -0.114. The minimum Gasteiger partial charge on any atom is -0.384 e. The standard InChI is InChI=1S/2C25H24ClNO.C17H15ClO.C17H13ClO.ClH/c2*1-27(19-21-8-4-2-5-9-21)17-16-25(28)24(22-10-6-3-7-11-22)18-20-12-14-23(26)15-13-20;2*1-2-17(19)16(14-6-4-3-5-7-14)12-13-8-10-15(18)11-9-13;/h2*2-15,18H,16-17,19H2,1H3;2-12,17,19H,1H2;2-12H,1H2;1H/b2*24-18-;2*16-12-;. The van der Waals surface area contributed by atoms with Gasteiger partial charge in [-0.25, -0.2) is 0 Å². The van der Waals surface area contributed by atoms with Gasteiger partial charge in [0, 0.05) is 75.8 Å². The van der Waals surface area contributed by atoms with Crippen molar-refractivity contribution in [2.24, 2.45) is 0 Å². The second kappa shape index (κ2) is 40.9. The van der Waals surface area contributed by atoms with Gasteiger partial charge in [0.05, 0.1) is 6.10 Å². The summed E-state index contributed by atoms with van der Waals surface area (Å²) in [5.74, 6) is 0.184. The number of Topliss-reactive ketones (excluding diaryl/α,β-unsaturated/α-hetero) is 2. The SMILES string of the molecule is C=CC(=O)/C(=C\c1ccc(Cl)cc1)c1ccccc1.C=CC(O)/C(=C\c1ccc(Cl)cc1)c1ccccc1.CN(CCC(=O)/C(=C\c1ccc(Cl)cc1)c1ccccc1)Cc1ccccc1.CN(CCC(=O)/C(=C\c1ccc(Cl)cc1)c1ccccc1)Cc1ccccc1.Cl. The topological polar surface area (TPSA) is 77.9 Å². The average Bonchev–Trinajstić information content (AvgIpc) is 0.976. The Hall–Kier alpha value is -9.02. The molecule has 0 saturated heterocycles. The molecular formula is C84H77Cl5N2O4. The molecule has 0 bridgehead atoms. The molecule has 0 aliphatic rings. The Labute approximate surface area is 587 Å². The van der Waals surface area contributed by atoms with Crippen molar-refractivity contribution in [3.05, 3.63) is 380 Å². The molecule has 10 rings (SSSR count). The third-order valence-corrected chi connectivity index (χ3v) is 15.7. The van der Waals surface area contributed by atoms with Gasteiger partial charge < -0.3 is 14.9 Å². The first-order valence-corrected chi connectivity index (χ1v) is 32.2. The van der Waals surface area contributed by atoms with E-state index in [2.05, 4.69) is 47.2 Å². The molecule has 1 unspecified atom stereocenters. The number of aliphatic hydroxyl groups is 1. The molecule has 0 aliphatic carbocycles. The van der Waals surface area contributed by atoms with E-state index in [0.29, 0.717) is 51.6 Å². The van der Waals surface area contributed by atoms with Crippen LogP contribution in [0.3, 0.4) is 0 Å². The number of carbonyl (C=O) groups excluding carboxylic acids is 3. The molecule has 10 aromatic carbocycles. The van der Waals surface area contributed by atoms with Crippen LogP contribution in [0.2, 0.25) is 20.1 Å². The van der Waals surface area contributed by atoms with Gasteiger partial charge in [0.25, 0.3) is 0 Å². The van der Waals surface area contributed by atoms with Crippen LogP contribution >= 0.6 is 58.8 Å². The molecule has 0 spiro atoms. The van der Waals surface area contributed by atoms with E-state index >= 15 is 0 Å². The minimum absolute atomic E-state index is 0. The molecule has 0 aromatic heterocycles. The number of allylic oxidation sites excluding steroid dienone is 4. The van der Waals surface area contributed by atoms with Gasteiger partial charge in [-0.15, -0.1) is 19.0 Å². The predicted molar refractivity (Wildman–Crippen MR) is 407 cm³/mol.